The Hall–Kier alpha value is -2.17. The van der Waals surface area contributed by atoms with Crippen LogP contribution in [0.4, 0.5) is 10.5 Å². The molecule has 2 aliphatic rings. The number of piperidine rings is 1. The molecule has 3 N–H and O–H groups in total. The van der Waals surface area contributed by atoms with Gasteiger partial charge in [-0.1, -0.05) is 6.42 Å². The van der Waals surface area contributed by atoms with Crippen LogP contribution in [0.15, 0.2) is 29.2 Å². The molecule has 0 aliphatic carbocycles. The van der Waals surface area contributed by atoms with Crippen molar-refractivity contribution in [3.8, 4) is 0 Å². The molecule has 9 nitrogen and oxygen atoms in total. The quantitative estimate of drug-likeness (QED) is 0.688. The lowest BCUT2D eigenvalue weighted by Crippen LogP contribution is -2.55. The van der Waals surface area contributed by atoms with E-state index in [1.54, 1.807) is 0 Å². The summed E-state index contributed by atoms with van der Waals surface area (Å²) in [5, 5.41) is 7.94. The Morgan fingerprint density at radius 1 is 1.06 bits per heavy atom. The minimum absolute atomic E-state index is 0.00457. The predicted octanol–water partition coefficient (Wildman–Crippen LogP) is 2.53. The minimum Gasteiger partial charge on any atom is -0.444 e. The van der Waals surface area contributed by atoms with Crippen molar-refractivity contribution in [3.05, 3.63) is 24.3 Å². The smallest absolute Gasteiger partial charge is 0.410 e. The van der Waals surface area contributed by atoms with Crippen molar-refractivity contribution in [1.29, 1.82) is 0 Å². The molecule has 2 aliphatic heterocycles. The van der Waals surface area contributed by atoms with Crippen LogP contribution in [0.2, 0.25) is 0 Å². The lowest BCUT2D eigenvalue weighted by molar-refractivity contribution is -0.118. The second kappa shape index (κ2) is 9.76. The summed E-state index contributed by atoms with van der Waals surface area (Å²) >= 11 is 0. The number of hydrogen-bond donors (Lipinski definition) is 2. The third-order valence-electron chi connectivity index (χ3n) is 5.85. The van der Waals surface area contributed by atoms with E-state index in [9.17, 15) is 18.0 Å². The van der Waals surface area contributed by atoms with Crippen molar-refractivity contribution in [3.63, 3.8) is 0 Å². The maximum atomic E-state index is 12.7. The molecule has 1 aromatic carbocycles. The summed E-state index contributed by atoms with van der Waals surface area (Å²) in [6.45, 7) is 7.27. The molecule has 3 rings (SSSR count). The van der Waals surface area contributed by atoms with Crippen LogP contribution in [0.5, 0.6) is 0 Å². The van der Waals surface area contributed by atoms with Gasteiger partial charge >= 0.3 is 6.09 Å². The normalized spacial score (nSPS) is 22.6. The van der Waals surface area contributed by atoms with Crippen molar-refractivity contribution >= 4 is 27.7 Å². The fourth-order valence-electron chi connectivity index (χ4n) is 4.50. The highest BCUT2D eigenvalue weighted by atomic mass is 32.2. The van der Waals surface area contributed by atoms with Gasteiger partial charge in [0.15, 0.2) is 0 Å². The highest BCUT2D eigenvalue weighted by Crippen LogP contribution is 2.30. The first-order valence-electron chi connectivity index (χ1n) is 11.1. The van der Waals surface area contributed by atoms with Gasteiger partial charge in [-0.2, -0.15) is 0 Å². The fourth-order valence-corrected chi connectivity index (χ4v) is 5.02. The summed E-state index contributed by atoms with van der Waals surface area (Å²) in [4.78, 5) is 29.4. The van der Waals surface area contributed by atoms with E-state index >= 15 is 0 Å². The molecular formula is C22H34N4O5S. The Balaban J connectivity index is 1.64. The second-order valence-electron chi connectivity index (χ2n) is 9.53. The molecule has 178 valence electrons. The molecule has 2 heterocycles. The largest absolute Gasteiger partial charge is 0.444 e. The Bertz CT molecular complexity index is 927. The van der Waals surface area contributed by atoms with Crippen molar-refractivity contribution in [2.75, 3.05) is 25.0 Å². The standard InChI is InChI=1S/C22H34N4O5S/c1-22(2,3)31-21(28)26-14-6-8-19(26)18-7-4-5-13-25(18)15-20(27)24-16-9-11-17(12-10-16)32(23,29)30/h9-12,18-19H,4-8,13-15H2,1-3H3,(H,24,27)(H2,23,29,30). The van der Waals surface area contributed by atoms with Crippen LogP contribution in [-0.4, -0.2) is 67.5 Å². The molecule has 0 saturated carbocycles. The fraction of sp³-hybridized carbons (Fsp3) is 0.636. The van der Waals surface area contributed by atoms with Crippen LogP contribution in [0, 0.1) is 0 Å². The number of amides is 2. The Morgan fingerprint density at radius 2 is 1.72 bits per heavy atom. The van der Waals surface area contributed by atoms with E-state index in [1.807, 2.05) is 25.7 Å². The van der Waals surface area contributed by atoms with Crippen molar-refractivity contribution in [1.82, 2.24) is 9.80 Å². The number of anilines is 1. The van der Waals surface area contributed by atoms with Gasteiger partial charge in [0.1, 0.15) is 5.60 Å². The van der Waals surface area contributed by atoms with Crippen molar-refractivity contribution in [2.45, 2.75) is 75.5 Å². The summed E-state index contributed by atoms with van der Waals surface area (Å²) in [7, 11) is -3.77. The van der Waals surface area contributed by atoms with E-state index in [-0.39, 0.29) is 35.5 Å². The zero-order chi connectivity index (χ0) is 23.5. The van der Waals surface area contributed by atoms with Gasteiger partial charge in [-0.05, 0) is 77.3 Å². The molecule has 0 aromatic heterocycles. The van der Waals surface area contributed by atoms with Gasteiger partial charge in [-0.15, -0.1) is 0 Å². The van der Waals surface area contributed by atoms with Gasteiger partial charge < -0.3 is 15.0 Å². The molecule has 2 unspecified atom stereocenters. The number of benzene rings is 1. The van der Waals surface area contributed by atoms with Crippen LogP contribution in [-0.2, 0) is 19.6 Å². The number of nitrogens with zero attached hydrogens (tertiary/aromatic N) is 2. The lowest BCUT2D eigenvalue weighted by Gasteiger charge is -2.42. The number of nitrogens with one attached hydrogen (secondary N) is 1. The topological polar surface area (TPSA) is 122 Å². The molecule has 0 bridgehead atoms. The van der Waals surface area contributed by atoms with E-state index in [4.69, 9.17) is 9.88 Å². The summed E-state index contributed by atoms with van der Waals surface area (Å²) in [5.41, 5.74) is -0.0398. The highest BCUT2D eigenvalue weighted by molar-refractivity contribution is 7.89. The third kappa shape index (κ3) is 6.43. The number of carbonyl (C=O) groups excluding carboxylic acids is 2. The maximum Gasteiger partial charge on any atom is 0.410 e. The van der Waals surface area contributed by atoms with Crippen LogP contribution in [0.25, 0.3) is 0 Å². The second-order valence-corrected chi connectivity index (χ2v) is 11.1. The van der Waals surface area contributed by atoms with Gasteiger partial charge in [0.05, 0.1) is 17.5 Å². The molecule has 1 aromatic rings. The number of sulfonamides is 1. The SMILES string of the molecule is CC(C)(C)OC(=O)N1CCCC1C1CCCCN1CC(=O)Nc1ccc(S(N)(=O)=O)cc1. The van der Waals surface area contributed by atoms with E-state index in [2.05, 4.69) is 10.2 Å². The van der Waals surface area contributed by atoms with Crippen molar-refractivity contribution in [2.24, 2.45) is 5.14 Å². The number of ether oxygens (including phenoxy) is 1. The zero-order valence-corrected chi connectivity index (χ0v) is 19.9. The first kappa shape index (κ1) is 24.5. The van der Waals surface area contributed by atoms with Gasteiger partial charge in [0.25, 0.3) is 0 Å². The Kier molecular flexibility index (Phi) is 7.46. The average molecular weight is 467 g/mol. The molecule has 2 amide bonds. The summed E-state index contributed by atoms with van der Waals surface area (Å²) in [5.74, 6) is -0.179. The van der Waals surface area contributed by atoms with E-state index in [0.29, 0.717) is 12.2 Å². The first-order valence-corrected chi connectivity index (χ1v) is 12.6. The van der Waals surface area contributed by atoms with Gasteiger partial charge in [0.2, 0.25) is 15.9 Å². The van der Waals surface area contributed by atoms with Crippen LogP contribution < -0.4 is 10.5 Å². The van der Waals surface area contributed by atoms with Crippen molar-refractivity contribution < 1.29 is 22.7 Å². The Labute approximate surface area is 190 Å². The molecular weight excluding hydrogens is 432 g/mol. The van der Waals surface area contributed by atoms with E-state index in [0.717, 1.165) is 38.6 Å². The molecule has 0 spiro atoms. The lowest BCUT2D eigenvalue weighted by atomic mass is 9.94. The monoisotopic (exact) mass is 466 g/mol. The molecule has 2 saturated heterocycles. The molecule has 32 heavy (non-hydrogen) atoms. The molecule has 0 radical (unpaired) electrons. The summed E-state index contributed by atoms with van der Waals surface area (Å²) < 4.78 is 28.4. The van der Waals surface area contributed by atoms with Crippen LogP contribution in [0.1, 0.15) is 52.9 Å². The van der Waals surface area contributed by atoms with Gasteiger partial charge in [-0.3, -0.25) is 9.69 Å². The van der Waals surface area contributed by atoms with Crippen LogP contribution in [0.3, 0.4) is 0 Å². The Morgan fingerprint density at radius 3 is 2.34 bits per heavy atom. The molecule has 10 heteroatoms. The first-order chi connectivity index (χ1) is 14.9. The summed E-state index contributed by atoms with van der Waals surface area (Å²) in [6, 6.07) is 5.91. The number of carbonyl (C=O) groups is 2. The maximum absolute atomic E-state index is 12.7. The summed E-state index contributed by atoms with van der Waals surface area (Å²) in [6.07, 6.45) is 4.54. The molecule has 2 fully saturated rings. The van der Waals surface area contributed by atoms with Crippen LogP contribution >= 0.6 is 0 Å². The van der Waals surface area contributed by atoms with E-state index < -0.39 is 15.6 Å². The number of hydrogen-bond acceptors (Lipinski definition) is 6. The third-order valence-corrected chi connectivity index (χ3v) is 6.78. The predicted molar refractivity (Wildman–Crippen MR) is 122 cm³/mol. The number of primary sulfonamides is 1. The molecule has 2 atom stereocenters. The number of likely N-dealkylation sites (tertiary alicyclic amines) is 2. The highest BCUT2D eigenvalue weighted by Gasteiger charge is 2.40. The van der Waals surface area contributed by atoms with Gasteiger partial charge in [-0.25, -0.2) is 18.4 Å². The zero-order valence-electron chi connectivity index (χ0n) is 19.0. The van der Waals surface area contributed by atoms with Gasteiger partial charge in [0, 0.05) is 18.3 Å². The number of rotatable bonds is 5. The number of nitrogens with two attached hydrogens (primary N) is 1. The average Bonchev–Trinajstić information content (AvgIpc) is 3.16. The van der Waals surface area contributed by atoms with E-state index in [1.165, 1.54) is 24.3 Å². The minimum atomic E-state index is -3.77.